The average Bonchev–Trinajstić information content (AvgIpc) is 2.47. The fraction of sp³-hybridized carbons (Fsp3) is 0.267. The zero-order valence-electron chi connectivity index (χ0n) is 11.7. The van der Waals surface area contributed by atoms with Crippen LogP contribution in [-0.2, 0) is 0 Å². The molecule has 0 saturated carbocycles. The number of ether oxygens (including phenoxy) is 1. The van der Waals surface area contributed by atoms with Crippen molar-refractivity contribution >= 4 is 40.6 Å². The predicted octanol–water partition coefficient (Wildman–Crippen LogP) is 5.54. The summed E-state index contributed by atoms with van der Waals surface area (Å²) in [5.41, 5.74) is 1.45. The Morgan fingerprint density at radius 2 is 1.86 bits per heavy atom. The van der Waals surface area contributed by atoms with Crippen LogP contribution in [0.5, 0.6) is 5.75 Å². The van der Waals surface area contributed by atoms with Crippen molar-refractivity contribution in [3.8, 4) is 17.0 Å². The second kappa shape index (κ2) is 7.21. The highest BCUT2D eigenvalue weighted by Crippen LogP contribution is 2.35. The van der Waals surface area contributed by atoms with Gasteiger partial charge in [0.25, 0.3) is 0 Å². The van der Waals surface area contributed by atoms with Crippen molar-refractivity contribution in [2.24, 2.45) is 0 Å². The van der Waals surface area contributed by atoms with Crippen molar-refractivity contribution in [3.05, 3.63) is 39.3 Å². The van der Waals surface area contributed by atoms with Crippen LogP contribution in [0.4, 0.5) is 5.82 Å². The molecule has 0 aliphatic rings. The summed E-state index contributed by atoms with van der Waals surface area (Å²) in [6.07, 6.45) is 0.977. The summed E-state index contributed by atoms with van der Waals surface area (Å²) in [6.45, 7) is 2.86. The van der Waals surface area contributed by atoms with E-state index in [0.29, 0.717) is 32.3 Å². The molecule has 21 heavy (non-hydrogen) atoms. The molecule has 2 rings (SSSR count). The number of nitrogens with zero attached hydrogens (tertiary/aromatic N) is 1. The SMILES string of the molecule is CCCNc1nc(-c2ccc(Cl)c(OC)c2)c(Cl)cc1Cl. The number of hydrogen-bond acceptors (Lipinski definition) is 3. The van der Waals surface area contributed by atoms with Gasteiger partial charge in [-0.25, -0.2) is 4.98 Å². The van der Waals surface area contributed by atoms with E-state index in [0.717, 1.165) is 18.5 Å². The van der Waals surface area contributed by atoms with Crippen molar-refractivity contribution in [1.82, 2.24) is 4.98 Å². The van der Waals surface area contributed by atoms with Crippen LogP contribution in [0.1, 0.15) is 13.3 Å². The van der Waals surface area contributed by atoms with Crippen LogP contribution in [0.2, 0.25) is 15.1 Å². The summed E-state index contributed by atoms with van der Waals surface area (Å²) in [7, 11) is 1.57. The molecule has 0 aliphatic heterocycles. The maximum absolute atomic E-state index is 6.26. The lowest BCUT2D eigenvalue weighted by Gasteiger charge is -2.12. The first-order valence-electron chi connectivity index (χ1n) is 6.50. The highest BCUT2D eigenvalue weighted by Gasteiger charge is 2.13. The molecule has 1 aromatic heterocycles. The number of methoxy groups -OCH3 is 1. The van der Waals surface area contributed by atoms with Gasteiger partial charge in [0.2, 0.25) is 0 Å². The topological polar surface area (TPSA) is 34.2 Å². The number of rotatable bonds is 5. The normalized spacial score (nSPS) is 10.5. The van der Waals surface area contributed by atoms with Crippen LogP contribution < -0.4 is 10.1 Å². The first-order valence-corrected chi connectivity index (χ1v) is 7.64. The molecular weight excluding hydrogens is 331 g/mol. The molecule has 0 saturated heterocycles. The van der Waals surface area contributed by atoms with Crippen LogP contribution in [0, 0.1) is 0 Å². The van der Waals surface area contributed by atoms with Crippen molar-refractivity contribution < 1.29 is 4.74 Å². The Bertz CT molecular complexity index is 647. The van der Waals surface area contributed by atoms with E-state index in [1.165, 1.54) is 0 Å². The molecule has 6 heteroatoms. The molecule has 1 aromatic carbocycles. The summed E-state index contributed by atoms with van der Waals surface area (Å²) in [5, 5.41) is 4.70. The van der Waals surface area contributed by atoms with Crippen LogP contribution in [0.3, 0.4) is 0 Å². The van der Waals surface area contributed by atoms with E-state index < -0.39 is 0 Å². The first kappa shape index (κ1) is 16.2. The Balaban J connectivity index is 2.47. The molecule has 0 aliphatic carbocycles. The van der Waals surface area contributed by atoms with Gasteiger partial charge < -0.3 is 10.1 Å². The quantitative estimate of drug-likeness (QED) is 0.772. The monoisotopic (exact) mass is 344 g/mol. The smallest absolute Gasteiger partial charge is 0.145 e. The van der Waals surface area contributed by atoms with Crippen molar-refractivity contribution in [2.45, 2.75) is 13.3 Å². The molecule has 0 radical (unpaired) electrons. The summed E-state index contributed by atoms with van der Waals surface area (Å²) >= 11 is 18.4. The highest BCUT2D eigenvalue weighted by molar-refractivity contribution is 6.37. The lowest BCUT2D eigenvalue weighted by molar-refractivity contribution is 0.415. The minimum atomic E-state index is 0.478. The van der Waals surface area contributed by atoms with Crippen LogP contribution in [-0.4, -0.2) is 18.6 Å². The van der Waals surface area contributed by atoms with Gasteiger partial charge in [-0.3, -0.25) is 0 Å². The first-order chi connectivity index (χ1) is 10.1. The average molecular weight is 346 g/mol. The van der Waals surface area contributed by atoms with Crippen molar-refractivity contribution in [1.29, 1.82) is 0 Å². The molecule has 2 aromatic rings. The molecule has 0 atom stereocenters. The van der Waals surface area contributed by atoms with E-state index in [1.54, 1.807) is 25.3 Å². The standard InChI is InChI=1S/C15H15Cl3N2O/c1-3-6-19-15-12(18)8-11(17)14(20-15)9-4-5-10(16)13(7-9)21-2/h4-5,7-8H,3,6H2,1-2H3,(H,19,20). The van der Waals surface area contributed by atoms with Gasteiger partial charge in [-0.15, -0.1) is 0 Å². The van der Waals surface area contributed by atoms with Crippen LogP contribution in [0.15, 0.2) is 24.3 Å². The number of benzene rings is 1. The molecule has 0 spiro atoms. The van der Waals surface area contributed by atoms with Gasteiger partial charge in [-0.2, -0.15) is 0 Å². The fourth-order valence-electron chi connectivity index (χ4n) is 1.84. The molecular formula is C15H15Cl3N2O. The summed E-state index contributed by atoms with van der Waals surface area (Å²) in [4.78, 5) is 4.51. The summed E-state index contributed by atoms with van der Waals surface area (Å²) in [6, 6.07) is 7.08. The number of halogens is 3. The molecule has 0 amide bonds. The Labute approximate surface area is 139 Å². The van der Waals surface area contributed by atoms with Gasteiger partial charge in [-0.05, 0) is 24.6 Å². The molecule has 0 unspecified atom stereocenters. The third-order valence-electron chi connectivity index (χ3n) is 2.90. The maximum atomic E-state index is 6.26. The van der Waals surface area contributed by atoms with Gasteiger partial charge in [0.15, 0.2) is 0 Å². The van der Waals surface area contributed by atoms with E-state index >= 15 is 0 Å². The zero-order chi connectivity index (χ0) is 15.4. The van der Waals surface area contributed by atoms with E-state index in [2.05, 4.69) is 17.2 Å². The van der Waals surface area contributed by atoms with Crippen LogP contribution >= 0.6 is 34.8 Å². The van der Waals surface area contributed by atoms with E-state index in [9.17, 15) is 0 Å². The molecule has 0 bridgehead atoms. The van der Waals surface area contributed by atoms with Gasteiger partial charge in [0.1, 0.15) is 11.6 Å². The van der Waals surface area contributed by atoms with Crippen LogP contribution in [0.25, 0.3) is 11.3 Å². The highest BCUT2D eigenvalue weighted by atomic mass is 35.5. The maximum Gasteiger partial charge on any atom is 0.145 e. The number of anilines is 1. The molecule has 3 nitrogen and oxygen atoms in total. The number of hydrogen-bond donors (Lipinski definition) is 1. The largest absolute Gasteiger partial charge is 0.495 e. The number of aromatic nitrogens is 1. The van der Waals surface area contributed by atoms with Gasteiger partial charge >= 0.3 is 0 Å². The number of nitrogens with one attached hydrogen (secondary N) is 1. The third-order valence-corrected chi connectivity index (χ3v) is 3.78. The summed E-state index contributed by atoms with van der Waals surface area (Å²) in [5.74, 6) is 1.19. The Morgan fingerprint density at radius 3 is 2.52 bits per heavy atom. The predicted molar refractivity (Wildman–Crippen MR) is 90.0 cm³/mol. The zero-order valence-corrected chi connectivity index (χ0v) is 14.0. The van der Waals surface area contributed by atoms with Gasteiger partial charge in [-0.1, -0.05) is 47.8 Å². The summed E-state index contributed by atoms with van der Waals surface area (Å²) < 4.78 is 5.22. The third kappa shape index (κ3) is 3.73. The van der Waals surface area contributed by atoms with Gasteiger partial charge in [0, 0.05) is 12.1 Å². The Hall–Kier alpha value is -1.16. The van der Waals surface area contributed by atoms with Gasteiger partial charge in [0.05, 0.1) is 27.9 Å². The minimum absolute atomic E-state index is 0.478. The minimum Gasteiger partial charge on any atom is -0.495 e. The lowest BCUT2D eigenvalue weighted by Crippen LogP contribution is -2.03. The second-order valence-electron chi connectivity index (χ2n) is 4.43. The van der Waals surface area contributed by atoms with E-state index in [-0.39, 0.29) is 0 Å². The number of pyridine rings is 1. The van der Waals surface area contributed by atoms with Crippen molar-refractivity contribution in [3.63, 3.8) is 0 Å². The molecule has 112 valence electrons. The second-order valence-corrected chi connectivity index (χ2v) is 5.65. The van der Waals surface area contributed by atoms with E-state index in [1.807, 2.05) is 6.07 Å². The van der Waals surface area contributed by atoms with Crippen molar-refractivity contribution in [2.75, 3.05) is 19.0 Å². The molecule has 0 fully saturated rings. The fourth-order valence-corrected chi connectivity index (χ4v) is 2.57. The Kier molecular flexibility index (Phi) is 5.57. The lowest BCUT2D eigenvalue weighted by atomic mass is 10.1. The molecule has 1 N–H and O–H groups in total. The Morgan fingerprint density at radius 1 is 1.10 bits per heavy atom. The van der Waals surface area contributed by atoms with E-state index in [4.69, 9.17) is 39.5 Å². The molecule has 1 heterocycles.